The van der Waals surface area contributed by atoms with Gasteiger partial charge in [-0.1, -0.05) is 27.2 Å². The topological polar surface area (TPSA) is 33.3 Å². The molecule has 0 rings (SSSR count). The van der Waals surface area contributed by atoms with Crippen LogP contribution in [0.5, 0.6) is 0 Å². The highest BCUT2D eigenvalue weighted by Gasteiger charge is 1.96. The van der Waals surface area contributed by atoms with Gasteiger partial charge >= 0.3 is 0 Å². The summed E-state index contributed by atoms with van der Waals surface area (Å²) < 4.78 is 5.43. The molecule has 14 heavy (non-hydrogen) atoms. The van der Waals surface area contributed by atoms with Crippen molar-refractivity contribution in [3.05, 3.63) is 0 Å². The van der Waals surface area contributed by atoms with E-state index in [2.05, 4.69) is 31.4 Å². The zero-order valence-electron chi connectivity index (χ0n) is 9.94. The Labute approximate surface area is 88.6 Å². The lowest BCUT2D eigenvalue weighted by atomic mass is 10.1. The molecule has 0 radical (unpaired) electrons. The predicted octanol–water partition coefficient (Wildman–Crippen LogP) is 1.25. The molecule has 0 aliphatic heterocycles. The zero-order chi connectivity index (χ0) is 10.6. The summed E-state index contributed by atoms with van der Waals surface area (Å²) in [6, 6.07) is 0. The lowest BCUT2D eigenvalue weighted by Gasteiger charge is -2.10. The van der Waals surface area contributed by atoms with Gasteiger partial charge in [0.15, 0.2) is 0 Å². The summed E-state index contributed by atoms with van der Waals surface area (Å²) in [7, 11) is 0. The maximum atomic E-state index is 5.43. The fourth-order valence-corrected chi connectivity index (χ4v) is 1.06. The van der Waals surface area contributed by atoms with Crippen molar-refractivity contribution in [1.29, 1.82) is 0 Å². The van der Waals surface area contributed by atoms with E-state index in [1.54, 1.807) is 0 Å². The molecule has 0 amide bonds. The second-order valence-corrected chi connectivity index (χ2v) is 3.68. The molecular weight excluding hydrogens is 176 g/mol. The standard InChI is InChI=1S/C11H26N2O/c1-4-11(3)10-13-7-9-14-8-6-12-5-2/h11-13H,4-10H2,1-3H3. The molecule has 0 bridgehead atoms. The Kier molecular flexibility index (Phi) is 10.9. The minimum atomic E-state index is 0.775. The summed E-state index contributed by atoms with van der Waals surface area (Å²) in [6.45, 7) is 12.3. The quantitative estimate of drug-likeness (QED) is 0.523. The first-order valence-electron chi connectivity index (χ1n) is 5.80. The molecule has 0 heterocycles. The summed E-state index contributed by atoms with van der Waals surface area (Å²) in [5.41, 5.74) is 0. The molecule has 1 unspecified atom stereocenters. The number of nitrogens with one attached hydrogen (secondary N) is 2. The molecule has 86 valence electrons. The van der Waals surface area contributed by atoms with Gasteiger partial charge in [0.2, 0.25) is 0 Å². The van der Waals surface area contributed by atoms with Crippen molar-refractivity contribution in [2.45, 2.75) is 27.2 Å². The number of likely N-dealkylation sites (N-methyl/N-ethyl adjacent to an activating group) is 1. The smallest absolute Gasteiger partial charge is 0.0591 e. The average Bonchev–Trinajstić information content (AvgIpc) is 2.21. The third-order valence-corrected chi connectivity index (χ3v) is 2.29. The van der Waals surface area contributed by atoms with Crippen LogP contribution in [-0.4, -0.2) is 39.4 Å². The first-order chi connectivity index (χ1) is 6.81. The van der Waals surface area contributed by atoms with Gasteiger partial charge < -0.3 is 15.4 Å². The van der Waals surface area contributed by atoms with Crippen molar-refractivity contribution >= 4 is 0 Å². The van der Waals surface area contributed by atoms with Gasteiger partial charge in [-0.2, -0.15) is 0 Å². The minimum absolute atomic E-state index is 0.775. The molecule has 0 saturated carbocycles. The average molecular weight is 202 g/mol. The molecule has 0 spiro atoms. The van der Waals surface area contributed by atoms with E-state index in [0.29, 0.717) is 0 Å². The van der Waals surface area contributed by atoms with Crippen LogP contribution < -0.4 is 10.6 Å². The minimum Gasteiger partial charge on any atom is -0.379 e. The second-order valence-electron chi connectivity index (χ2n) is 3.68. The maximum Gasteiger partial charge on any atom is 0.0591 e. The van der Waals surface area contributed by atoms with Crippen LogP contribution in [-0.2, 0) is 4.74 Å². The largest absolute Gasteiger partial charge is 0.379 e. The summed E-state index contributed by atoms with van der Waals surface area (Å²) >= 11 is 0. The van der Waals surface area contributed by atoms with E-state index in [1.165, 1.54) is 6.42 Å². The van der Waals surface area contributed by atoms with Crippen LogP contribution >= 0.6 is 0 Å². The normalized spacial score (nSPS) is 13.1. The van der Waals surface area contributed by atoms with Crippen LogP contribution in [0.1, 0.15) is 27.2 Å². The van der Waals surface area contributed by atoms with Crippen LogP contribution in [0.2, 0.25) is 0 Å². The van der Waals surface area contributed by atoms with Crippen molar-refractivity contribution in [2.24, 2.45) is 5.92 Å². The molecule has 0 aromatic rings. The molecule has 1 atom stereocenters. The number of hydrogen-bond donors (Lipinski definition) is 2. The van der Waals surface area contributed by atoms with E-state index in [9.17, 15) is 0 Å². The summed E-state index contributed by atoms with van der Waals surface area (Å²) in [6.07, 6.45) is 1.24. The third kappa shape index (κ3) is 9.96. The lowest BCUT2D eigenvalue weighted by Crippen LogP contribution is -2.26. The molecule has 0 aromatic carbocycles. The lowest BCUT2D eigenvalue weighted by molar-refractivity contribution is 0.137. The van der Waals surface area contributed by atoms with E-state index in [0.717, 1.165) is 45.3 Å². The first-order valence-corrected chi connectivity index (χ1v) is 5.80. The van der Waals surface area contributed by atoms with E-state index in [4.69, 9.17) is 4.74 Å². The number of ether oxygens (including phenoxy) is 1. The number of hydrogen-bond acceptors (Lipinski definition) is 3. The molecular formula is C11H26N2O. The third-order valence-electron chi connectivity index (χ3n) is 2.29. The molecule has 0 fully saturated rings. The van der Waals surface area contributed by atoms with Crippen molar-refractivity contribution < 1.29 is 4.74 Å². The first kappa shape index (κ1) is 13.9. The molecule has 0 aromatic heterocycles. The van der Waals surface area contributed by atoms with Crippen molar-refractivity contribution in [2.75, 3.05) is 39.4 Å². The molecule has 3 nitrogen and oxygen atoms in total. The fraction of sp³-hybridized carbons (Fsp3) is 1.00. The maximum absolute atomic E-state index is 5.43. The Bertz CT molecular complexity index is 109. The molecule has 0 saturated heterocycles. The van der Waals surface area contributed by atoms with E-state index in [-0.39, 0.29) is 0 Å². The molecule has 3 heteroatoms. The van der Waals surface area contributed by atoms with Crippen LogP contribution in [0.15, 0.2) is 0 Å². The molecule has 2 N–H and O–H groups in total. The van der Waals surface area contributed by atoms with Gasteiger partial charge in [0.1, 0.15) is 0 Å². The monoisotopic (exact) mass is 202 g/mol. The second kappa shape index (κ2) is 11.0. The van der Waals surface area contributed by atoms with E-state index < -0.39 is 0 Å². The highest BCUT2D eigenvalue weighted by Crippen LogP contribution is 1.96. The molecule has 0 aliphatic carbocycles. The van der Waals surface area contributed by atoms with Crippen LogP contribution in [0, 0.1) is 5.92 Å². The van der Waals surface area contributed by atoms with Gasteiger partial charge in [-0.25, -0.2) is 0 Å². The van der Waals surface area contributed by atoms with Crippen LogP contribution in [0.25, 0.3) is 0 Å². The SMILES string of the molecule is CCNCCOCCNCC(C)CC. The Morgan fingerprint density at radius 2 is 1.71 bits per heavy atom. The fourth-order valence-electron chi connectivity index (χ4n) is 1.06. The Morgan fingerprint density at radius 3 is 2.29 bits per heavy atom. The van der Waals surface area contributed by atoms with Crippen molar-refractivity contribution in [1.82, 2.24) is 10.6 Å². The van der Waals surface area contributed by atoms with Gasteiger partial charge in [-0.15, -0.1) is 0 Å². The van der Waals surface area contributed by atoms with Gasteiger partial charge in [0, 0.05) is 13.1 Å². The van der Waals surface area contributed by atoms with Gasteiger partial charge in [-0.3, -0.25) is 0 Å². The zero-order valence-corrected chi connectivity index (χ0v) is 9.94. The highest BCUT2D eigenvalue weighted by atomic mass is 16.5. The van der Waals surface area contributed by atoms with Crippen LogP contribution in [0.4, 0.5) is 0 Å². The van der Waals surface area contributed by atoms with Gasteiger partial charge in [0.05, 0.1) is 13.2 Å². The highest BCUT2D eigenvalue weighted by molar-refractivity contribution is 4.54. The van der Waals surface area contributed by atoms with E-state index in [1.807, 2.05) is 0 Å². The van der Waals surface area contributed by atoms with Gasteiger partial charge in [0.25, 0.3) is 0 Å². The van der Waals surface area contributed by atoms with Gasteiger partial charge in [-0.05, 0) is 19.0 Å². The Morgan fingerprint density at radius 1 is 1.07 bits per heavy atom. The Hall–Kier alpha value is -0.120. The summed E-state index contributed by atoms with van der Waals surface area (Å²) in [4.78, 5) is 0. The molecule has 0 aliphatic rings. The number of rotatable bonds is 10. The predicted molar refractivity (Wildman–Crippen MR) is 61.7 cm³/mol. The van der Waals surface area contributed by atoms with E-state index >= 15 is 0 Å². The van der Waals surface area contributed by atoms with Crippen LogP contribution in [0.3, 0.4) is 0 Å². The summed E-state index contributed by atoms with van der Waals surface area (Å²) in [5.74, 6) is 0.775. The summed E-state index contributed by atoms with van der Waals surface area (Å²) in [5, 5.41) is 6.60. The Balaban J connectivity index is 2.92. The van der Waals surface area contributed by atoms with Crippen molar-refractivity contribution in [3.63, 3.8) is 0 Å². The van der Waals surface area contributed by atoms with Crippen molar-refractivity contribution in [3.8, 4) is 0 Å².